The largest absolute Gasteiger partial charge is 0.480 e. The van der Waals surface area contributed by atoms with E-state index in [1.165, 1.54) is 4.90 Å². The summed E-state index contributed by atoms with van der Waals surface area (Å²) < 4.78 is 1.92. The third-order valence-corrected chi connectivity index (χ3v) is 3.03. The number of carboxylic acid groups (broad SMARTS) is 1. The number of nitrogens with zero attached hydrogens (tertiary/aromatic N) is 3. The predicted molar refractivity (Wildman–Crippen MR) is 66.4 cm³/mol. The fourth-order valence-electron chi connectivity index (χ4n) is 1.99. The number of aliphatic carboxylic acids is 1. The van der Waals surface area contributed by atoms with Crippen LogP contribution in [0.25, 0.3) is 0 Å². The fourth-order valence-corrected chi connectivity index (χ4v) is 1.99. The molecule has 1 aromatic heterocycles. The number of rotatable bonds is 4. The smallest absolute Gasteiger partial charge is 0.326 e. The number of nitrogens with one attached hydrogen (secondary N) is 1. The Labute approximate surface area is 114 Å². The van der Waals surface area contributed by atoms with E-state index >= 15 is 0 Å². The predicted octanol–water partition coefficient (Wildman–Crippen LogP) is -1.26. The zero-order valence-corrected chi connectivity index (χ0v) is 10.7. The van der Waals surface area contributed by atoms with E-state index in [4.69, 9.17) is 10.8 Å². The maximum atomic E-state index is 12.0. The second-order valence-corrected chi connectivity index (χ2v) is 4.47. The average Bonchev–Trinajstić information content (AvgIpc) is 2.84. The number of fused-ring (bicyclic) bond motifs is 1. The number of carbonyl (C=O) groups excluding carboxylic acids is 2. The maximum absolute atomic E-state index is 12.0. The molecule has 1 aliphatic rings. The summed E-state index contributed by atoms with van der Waals surface area (Å²) >= 11 is 0. The number of primary amides is 1. The quantitative estimate of drug-likeness (QED) is 0.634. The van der Waals surface area contributed by atoms with Gasteiger partial charge in [0, 0.05) is 25.5 Å². The van der Waals surface area contributed by atoms with Crippen LogP contribution in [0, 0.1) is 0 Å². The maximum Gasteiger partial charge on any atom is 0.326 e. The Bertz CT molecular complexity index is 541. The van der Waals surface area contributed by atoms with Gasteiger partial charge in [-0.2, -0.15) is 0 Å². The summed E-state index contributed by atoms with van der Waals surface area (Å²) in [6.07, 6.45) is 3.02. The van der Waals surface area contributed by atoms with E-state index < -0.39 is 30.4 Å². The van der Waals surface area contributed by atoms with Crippen molar-refractivity contribution in [2.45, 2.75) is 25.6 Å². The van der Waals surface area contributed by atoms with E-state index in [0.717, 1.165) is 5.82 Å². The normalized spacial score (nSPS) is 15.3. The molecule has 3 amide bonds. The van der Waals surface area contributed by atoms with Crippen molar-refractivity contribution < 1.29 is 19.5 Å². The Morgan fingerprint density at radius 1 is 1.45 bits per heavy atom. The number of aromatic nitrogens is 2. The molecule has 0 spiro atoms. The monoisotopic (exact) mass is 281 g/mol. The minimum absolute atomic E-state index is 0.293. The average molecular weight is 281 g/mol. The van der Waals surface area contributed by atoms with Crippen LogP contribution >= 0.6 is 0 Å². The Kier molecular flexibility index (Phi) is 3.87. The zero-order chi connectivity index (χ0) is 14.7. The van der Waals surface area contributed by atoms with Gasteiger partial charge in [0.25, 0.3) is 0 Å². The summed E-state index contributed by atoms with van der Waals surface area (Å²) in [5.74, 6) is -1.35. The number of carboxylic acids is 1. The standard InChI is InChI=1S/C11H15N5O4/c12-8(17)5-7(10(18)19)14-11(20)16-4-3-15-2-1-13-9(15)6-16/h1-2,7H,3-6H2,(H2,12,17)(H,14,20)(H,18,19)/t7-/m1/s1. The van der Waals surface area contributed by atoms with Crippen molar-refractivity contribution in [3.05, 3.63) is 18.2 Å². The van der Waals surface area contributed by atoms with Gasteiger partial charge in [0.2, 0.25) is 5.91 Å². The molecule has 4 N–H and O–H groups in total. The summed E-state index contributed by atoms with van der Waals surface area (Å²) in [5.41, 5.74) is 4.95. The Morgan fingerprint density at radius 2 is 2.20 bits per heavy atom. The highest BCUT2D eigenvalue weighted by atomic mass is 16.4. The summed E-state index contributed by atoms with van der Waals surface area (Å²) in [5, 5.41) is 11.2. The summed E-state index contributed by atoms with van der Waals surface area (Å²) in [7, 11) is 0. The van der Waals surface area contributed by atoms with E-state index in [0.29, 0.717) is 19.6 Å². The number of hydrogen-bond acceptors (Lipinski definition) is 4. The topological polar surface area (TPSA) is 131 Å². The molecule has 2 rings (SSSR count). The van der Waals surface area contributed by atoms with E-state index in [1.54, 1.807) is 6.20 Å². The van der Waals surface area contributed by atoms with Gasteiger partial charge in [0.15, 0.2) is 0 Å². The highest BCUT2D eigenvalue weighted by molar-refractivity contribution is 5.87. The van der Waals surface area contributed by atoms with Gasteiger partial charge in [-0.25, -0.2) is 14.6 Å². The van der Waals surface area contributed by atoms with Gasteiger partial charge in [-0.05, 0) is 0 Å². The van der Waals surface area contributed by atoms with E-state index in [9.17, 15) is 14.4 Å². The molecule has 9 heteroatoms. The molecule has 20 heavy (non-hydrogen) atoms. The third-order valence-electron chi connectivity index (χ3n) is 3.03. The van der Waals surface area contributed by atoms with E-state index in [1.807, 2.05) is 10.8 Å². The second kappa shape index (κ2) is 5.59. The van der Waals surface area contributed by atoms with Gasteiger partial charge >= 0.3 is 12.0 Å². The minimum Gasteiger partial charge on any atom is -0.480 e. The van der Waals surface area contributed by atoms with Gasteiger partial charge in [0.1, 0.15) is 11.9 Å². The van der Waals surface area contributed by atoms with Crippen LogP contribution < -0.4 is 11.1 Å². The van der Waals surface area contributed by atoms with E-state index in [2.05, 4.69) is 10.3 Å². The number of hydrogen-bond donors (Lipinski definition) is 3. The number of imidazole rings is 1. The molecular weight excluding hydrogens is 266 g/mol. The highest BCUT2D eigenvalue weighted by Gasteiger charge is 2.27. The van der Waals surface area contributed by atoms with Crippen molar-refractivity contribution in [3.63, 3.8) is 0 Å². The Balaban J connectivity index is 1.98. The molecule has 0 unspecified atom stereocenters. The van der Waals surface area contributed by atoms with Crippen molar-refractivity contribution >= 4 is 17.9 Å². The lowest BCUT2D eigenvalue weighted by molar-refractivity contribution is -0.141. The van der Waals surface area contributed by atoms with Gasteiger partial charge < -0.3 is 25.6 Å². The summed E-state index contributed by atoms with van der Waals surface area (Å²) in [4.78, 5) is 39.3. The van der Waals surface area contributed by atoms with Crippen LogP contribution in [0.2, 0.25) is 0 Å². The van der Waals surface area contributed by atoms with Crippen molar-refractivity contribution in [1.29, 1.82) is 0 Å². The molecule has 0 radical (unpaired) electrons. The number of amides is 3. The summed E-state index contributed by atoms with van der Waals surface area (Å²) in [6, 6.07) is -1.87. The Morgan fingerprint density at radius 3 is 2.85 bits per heavy atom. The lowest BCUT2D eigenvalue weighted by Gasteiger charge is -2.28. The first kappa shape index (κ1) is 13.8. The fraction of sp³-hybridized carbons (Fsp3) is 0.455. The molecule has 1 aromatic rings. The van der Waals surface area contributed by atoms with Gasteiger partial charge in [-0.1, -0.05) is 0 Å². The van der Waals surface area contributed by atoms with Gasteiger partial charge in [-0.3, -0.25) is 4.79 Å². The highest BCUT2D eigenvalue weighted by Crippen LogP contribution is 2.10. The molecule has 2 heterocycles. The molecule has 0 fully saturated rings. The van der Waals surface area contributed by atoms with Crippen LogP contribution in [0.15, 0.2) is 12.4 Å². The molecule has 1 aliphatic heterocycles. The van der Waals surface area contributed by atoms with Gasteiger partial charge in [-0.15, -0.1) is 0 Å². The van der Waals surface area contributed by atoms with E-state index in [-0.39, 0.29) is 0 Å². The van der Waals surface area contributed by atoms with Crippen LogP contribution in [0.3, 0.4) is 0 Å². The zero-order valence-electron chi connectivity index (χ0n) is 10.7. The first-order valence-electron chi connectivity index (χ1n) is 6.04. The van der Waals surface area contributed by atoms with Crippen LogP contribution in [0.5, 0.6) is 0 Å². The van der Waals surface area contributed by atoms with Crippen LogP contribution in [-0.2, 0) is 22.7 Å². The number of nitrogens with two attached hydrogens (primary N) is 1. The number of carbonyl (C=O) groups is 3. The molecule has 1 atom stereocenters. The lowest BCUT2D eigenvalue weighted by Crippen LogP contribution is -2.51. The molecule has 9 nitrogen and oxygen atoms in total. The molecule has 0 aromatic carbocycles. The SMILES string of the molecule is NC(=O)C[C@@H](NC(=O)N1CCn2ccnc2C1)C(=O)O. The van der Waals surface area contributed by atoms with Crippen LogP contribution in [-0.4, -0.2) is 50.1 Å². The molecule has 0 aliphatic carbocycles. The molecule has 108 valence electrons. The van der Waals surface area contributed by atoms with Crippen molar-refractivity contribution in [1.82, 2.24) is 19.8 Å². The molecule has 0 bridgehead atoms. The van der Waals surface area contributed by atoms with Crippen LogP contribution in [0.4, 0.5) is 4.79 Å². The minimum atomic E-state index is -1.32. The molecule has 0 saturated carbocycles. The van der Waals surface area contributed by atoms with Crippen molar-refractivity contribution in [2.75, 3.05) is 6.54 Å². The lowest BCUT2D eigenvalue weighted by atomic mass is 10.2. The summed E-state index contributed by atoms with van der Waals surface area (Å²) in [6.45, 7) is 1.33. The molecular formula is C11H15N5O4. The first-order valence-corrected chi connectivity index (χ1v) is 6.04. The van der Waals surface area contributed by atoms with Gasteiger partial charge in [0.05, 0.1) is 13.0 Å². The van der Waals surface area contributed by atoms with Crippen molar-refractivity contribution in [3.8, 4) is 0 Å². The Hall–Kier alpha value is -2.58. The van der Waals surface area contributed by atoms with Crippen LogP contribution in [0.1, 0.15) is 12.2 Å². The third kappa shape index (κ3) is 3.05. The molecule has 0 saturated heterocycles. The number of urea groups is 1. The van der Waals surface area contributed by atoms with Crippen molar-refractivity contribution in [2.24, 2.45) is 5.73 Å². The first-order chi connectivity index (χ1) is 9.47. The second-order valence-electron chi connectivity index (χ2n) is 4.47.